The number of rotatable bonds is 7. The van der Waals surface area contributed by atoms with E-state index in [2.05, 4.69) is 4.98 Å². The average Bonchev–Trinajstić information content (AvgIpc) is 3.40. The predicted molar refractivity (Wildman–Crippen MR) is 106 cm³/mol. The normalized spacial score (nSPS) is 17.7. The molecule has 0 saturated carbocycles. The van der Waals surface area contributed by atoms with Gasteiger partial charge in [0.05, 0.1) is 26.1 Å². The summed E-state index contributed by atoms with van der Waals surface area (Å²) in [5, 5.41) is 13.9. The molecule has 3 aromatic rings. The average molecular weight is 382 g/mol. The molecule has 1 atom stereocenters. The molecule has 1 saturated heterocycles. The summed E-state index contributed by atoms with van der Waals surface area (Å²) in [4.78, 5) is 4.09. The van der Waals surface area contributed by atoms with Gasteiger partial charge in [0.1, 0.15) is 18.0 Å². The van der Waals surface area contributed by atoms with Crippen LogP contribution in [0.3, 0.4) is 0 Å². The summed E-state index contributed by atoms with van der Waals surface area (Å²) in [6.07, 6.45) is 4.71. The van der Waals surface area contributed by atoms with Crippen LogP contribution < -0.4 is 4.74 Å². The Morgan fingerprint density at radius 2 is 1.89 bits per heavy atom. The van der Waals surface area contributed by atoms with E-state index in [4.69, 9.17) is 14.2 Å². The fourth-order valence-electron chi connectivity index (χ4n) is 3.63. The lowest BCUT2D eigenvalue weighted by atomic mass is 9.74. The van der Waals surface area contributed by atoms with E-state index in [1.165, 1.54) is 0 Å². The maximum absolute atomic E-state index is 11.8. The Labute approximate surface area is 164 Å². The Bertz CT molecular complexity index is 914. The predicted octanol–water partition coefficient (Wildman–Crippen LogP) is 3.25. The first kappa shape index (κ1) is 18.9. The van der Waals surface area contributed by atoms with Crippen LogP contribution in [-0.4, -0.2) is 46.4 Å². The minimum Gasteiger partial charge on any atom is -0.490 e. The zero-order valence-electron chi connectivity index (χ0n) is 16.2. The van der Waals surface area contributed by atoms with Crippen molar-refractivity contribution in [3.63, 3.8) is 0 Å². The standard InChI is InChI=1S/C22H26N2O4/c1-21(2,20-26-12-13-27-20)22(25,14-24-11-10-23-16-24)15-28-19-9-5-7-17-6-3-4-8-18(17)19/h3-11,16,20,25H,12-15H2,1-2H3. The highest BCUT2D eigenvalue weighted by Crippen LogP contribution is 2.40. The van der Waals surface area contributed by atoms with Gasteiger partial charge < -0.3 is 23.9 Å². The lowest BCUT2D eigenvalue weighted by Crippen LogP contribution is -2.57. The monoisotopic (exact) mass is 382 g/mol. The van der Waals surface area contributed by atoms with Crippen LogP contribution in [0.15, 0.2) is 61.2 Å². The molecule has 148 valence electrons. The second-order valence-corrected chi connectivity index (χ2v) is 7.83. The van der Waals surface area contributed by atoms with Crippen molar-refractivity contribution in [1.82, 2.24) is 9.55 Å². The second kappa shape index (κ2) is 7.54. The number of nitrogens with zero attached hydrogens (tertiary/aromatic N) is 2. The fraction of sp³-hybridized carbons (Fsp3) is 0.409. The Balaban J connectivity index is 1.63. The van der Waals surface area contributed by atoms with Gasteiger partial charge in [0.25, 0.3) is 0 Å². The number of aromatic nitrogens is 2. The quantitative estimate of drug-likeness (QED) is 0.680. The number of imidazole rings is 1. The van der Waals surface area contributed by atoms with Crippen molar-refractivity contribution in [1.29, 1.82) is 0 Å². The molecule has 1 aliphatic rings. The summed E-state index contributed by atoms with van der Waals surface area (Å²) in [5.41, 5.74) is -1.96. The molecule has 1 aliphatic heterocycles. The van der Waals surface area contributed by atoms with E-state index in [1.54, 1.807) is 12.5 Å². The summed E-state index contributed by atoms with van der Waals surface area (Å²) in [6.45, 7) is 5.36. The number of ether oxygens (including phenoxy) is 3. The van der Waals surface area contributed by atoms with E-state index < -0.39 is 17.3 Å². The van der Waals surface area contributed by atoms with Crippen LogP contribution in [0, 0.1) is 5.41 Å². The van der Waals surface area contributed by atoms with Gasteiger partial charge in [0.15, 0.2) is 6.29 Å². The van der Waals surface area contributed by atoms with Crippen LogP contribution in [0.1, 0.15) is 13.8 Å². The molecular formula is C22H26N2O4. The van der Waals surface area contributed by atoms with E-state index in [0.29, 0.717) is 19.8 Å². The largest absolute Gasteiger partial charge is 0.490 e. The maximum atomic E-state index is 11.8. The third-order valence-electron chi connectivity index (χ3n) is 5.63. The van der Waals surface area contributed by atoms with Crippen LogP contribution in [0.4, 0.5) is 0 Å². The van der Waals surface area contributed by atoms with Crippen molar-refractivity contribution in [2.75, 3.05) is 19.8 Å². The summed E-state index contributed by atoms with van der Waals surface area (Å²) >= 11 is 0. The van der Waals surface area contributed by atoms with Crippen LogP contribution in [-0.2, 0) is 16.0 Å². The van der Waals surface area contributed by atoms with Crippen LogP contribution in [0.25, 0.3) is 10.8 Å². The molecule has 1 fully saturated rings. The minimum absolute atomic E-state index is 0.0927. The van der Waals surface area contributed by atoms with Crippen molar-refractivity contribution in [3.8, 4) is 5.75 Å². The third kappa shape index (κ3) is 3.51. The first-order valence-corrected chi connectivity index (χ1v) is 9.51. The number of benzene rings is 2. The van der Waals surface area contributed by atoms with Gasteiger partial charge >= 0.3 is 0 Å². The first-order chi connectivity index (χ1) is 13.5. The molecule has 0 bridgehead atoms. The zero-order valence-corrected chi connectivity index (χ0v) is 16.2. The van der Waals surface area contributed by atoms with Gasteiger partial charge in [0.2, 0.25) is 0 Å². The van der Waals surface area contributed by atoms with Crippen molar-refractivity contribution in [2.24, 2.45) is 5.41 Å². The highest BCUT2D eigenvalue weighted by atomic mass is 16.7. The van der Waals surface area contributed by atoms with E-state index in [-0.39, 0.29) is 6.61 Å². The molecule has 0 spiro atoms. The molecular weight excluding hydrogens is 356 g/mol. The fourth-order valence-corrected chi connectivity index (χ4v) is 3.63. The van der Waals surface area contributed by atoms with Crippen molar-refractivity contribution >= 4 is 10.8 Å². The van der Waals surface area contributed by atoms with Gasteiger partial charge in [-0.1, -0.05) is 50.2 Å². The van der Waals surface area contributed by atoms with Crippen molar-refractivity contribution < 1.29 is 19.3 Å². The summed E-state index contributed by atoms with van der Waals surface area (Å²) in [6, 6.07) is 14.0. The van der Waals surface area contributed by atoms with Gasteiger partial charge in [-0.05, 0) is 11.5 Å². The lowest BCUT2D eigenvalue weighted by molar-refractivity contribution is -0.214. The molecule has 1 aromatic heterocycles. The highest BCUT2D eigenvalue weighted by molar-refractivity contribution is 5.88. The number of aliphatic hydroxyl groups is 1. The Morgan fingerprint density at radius 3 is 2.64 bits per heavy atom. The minimum atomic E-state index is -1.25. The van der Waals surface area contributed by atoms with Gasteiger partial charge in [0, 0.05) is 23.2 Å². The Morgan fingerprint density at radius 1 is 1.14 bits per heavy atom. The molecule has 2 aromatic carbocycles. The molecule has 0 amide bonds. The molecule has 6 heteroatoms. The smallest absolute Gasteiger partial charge is 0.165 e. The SMILES string of the molecule is CC(C)(C1OCCO1)C(O)(COc1cccc2ccccc12)Cn1ccnc1. The molecule has 0 aliphatic carbocycles. The summed E-state index contributed by atoms with van der Waals surface area (Å²) < 4.78 is 19.5. The first-order valence-electron chi connectivity index (χ1n) is 9.51. The number of fused-ring (bicyclic) bond motifs is 1. The molecule has 1 N–H and O–H groups in total. The van der Waals surface area contributed by atoms with Gasteiger partial charge in [-0.25, -0.2) is 4.98 Å². The highest BCUT2D eigenvalue weighted by Gasteiger charge is 2.52. The third-order valence-corrected chi connectivity index (χ3v) is 5.63. The summed E-state index contributed by atoms with van der Waals surface area (Å²) in [5.74, 6) is 0.742. The van der Waals surface area contributed by atoms with Crippen molar-refractivity contribution in [2.45, 2.75) is 32.3 Å². The molecule has 2 heterocycles. The van der Waals surface area contributed by atoms with Crippen LogP contribution in [0.5, 0.6) is 5.75 Å². The Hall–Kier alpha value is -2.41. The molecule has 0 radical (unpaired) electrons. The van der Waals surface area contributed by atoms with E-state index in [9.17, 15) is 5.11 Å². The van der Waals surface area contributed by atoms with Gasteiger partial charge in [-0.2, -0.15) is 0 Å². The zero-order chi connectivity index (χ0) is 19.6. The number of hydrogen-bond donors (Lipinski definition) is 1. The second-order valence-electron chi connectivity index (χ2n) is 7.83. The van der Waals surface area contributed by atoms with Crippen LogP contribution >= 0.6 is 0 Å². The molecule has 6 nitrogen and oxygen atoms in total. The molecule has 4 rings (SSSR count). The van der Waals surface area contributed by atoms with E-state index in [1.807, 2.05) is 67.1 Å². The van der Waals surface area contributed by atoms with E-state index in [0.717, 1.165) is 16.5 Å². The summed E-state index contributed by atoms with van der Waals surface area (Å²) in [7, 11) is 0. The topological polar surface area (TPSA) is 65.7 Å². The van der Waals surface area contributed by atoms with Crippen molar-refractivity contribution in [3.05, 3.63) is 61.2 Å². The van der Waals surface area contributed by atoms with E-state index >= 15 is 0 Å². The molecule has 28 heavy (non-hydrogen) atoms. The number of hydrogen-bond acceptors (Lipinski definition) is 5. The van der Waals surface area contributed by atoms with Gasteiger partial charge in [-0.15, -0.1) is 0 Å². The lowest BCUT2D eigenvalue weighted by Gasteiger charge is -2.44. The Kier molecular flexibility index (Phi) is 5.10. The van der Waals surface area contributed by atoms with Gasteiger partial charge in [-0.3, -0.25) is 0 Å². The molecule has 1 unspecified atom stereocenters. The van der Waals surface area contributed by atoms with Crippen LogP contribution in [0.2, 0.25) is 0 Å². The maximum Gasteiger partial charge on any atom is 0.165 e.